The molecule has 0 radical (unpaired) electrons. The van der Waals surface area contributed by atoms with Gasteiger partial charge in [-0.3, -0.25) is 9.59 Å². The van der Waals surface area contributed by atoms with Crippen molar-refractivity contribution >= 4 is 23.5 Å². The maximum absolute atomic E-state index is 12.2. The summed E-state index contributed by atoms with van der Waals surface area (Å²) < 4.78 is 5.18. The number of rotatable bonds is 8. The van der Waals surface area contributed by atoms with Crippen LogP contribution < -0.4 is 5.73 Å². The fraction of sp³-hybridized carbons (Fsp3) is 0.333. The number of aromatic nitrogens is 2. The first-order valence-electron chi connectivity index (χ1n) is 11.5. The van der Waals surface area contributed by atoms with Crippen LogP contribution in [0.3, 0.4) is 0 Å². The first kappa shape index (κ1) is 23.9. The van der Waals surface area contributed by atoms with Crippen LogP contribution in [0.1, 0.15) is 48.3 Å². The van der Waals surface area contributed by atoms with Gasteiger partial charge in [-0.15, -0.1) is 0 Å². The van der Waals surface area contributed by atoms with E-state index in [0.717, 1.165) is 47.3 Å². The third-order valence-corrected chi connectivity index (χ3v) is 6.15. The van der Waals surface area contributed by atoms with Crippen LogP contribution in [0, 0.1) is 5.92 Å². The Morgan fingerprint density at radius 3 is 2.47 bits per heavy atom. The first-order valence-corrected chi connectivity index (χ1v) is 11.9. The topological polar surface area (TPSA) is 95.2 Å². The molecule has 0 aliphatic heterocycles. The van der Waals surface area contributed by atoms with Crippen LogP contribution in [0.25, 0.3) is 11.4 Å². The van der Waals surface area contributed by atoms with Crippen molar-refractivity contribution in [3.05, 3.63) is 81.6 Å². The first-order chi connectivity index (χ1) is 16.3. The van der Waals surface area contributed by atoms with Crippen molar-refractivity contribution in [1.82, 2.24) is 9.97 Å². The molecule has 1 heterocycles. The molecule has 3 aromatic rings. The van der Waals surface area contributed by atoms with E-state index in [-0.39, 0.29) is 12.5 Å². The molecule has 1 unspecified atom stereocenters. The molecule has 0 bridgehead atoms. The molecule has 0 fully saturated rings. The van der Waals surface area contributed by atoms with Crippen LogP contribution in [0.4, 0.5) is 0 Å². The Bertz CT molecular complexity index is 1210. The van der Waals surface area contributed by atoms with Gasteiger partial charge >= 0.3 is 5.97 Å². The monoisotopic (exact) mass is 477 g/mol. The molecular weight excluding hydrogens is 450 g/mol. The highest BCUT2D eigenvalue weighted by molar-refractivity contribution is 6.30. The van der Waals surface area contributed by atoms with Crippen LogP contribution in [0.2, 0.25) is 5.02 Å². The minimum atomic E-state index is -1.00. The standard InChI is InChI=1S/C27H28ClN3O3/c1-16(2)34-27(33)22(25(29)32)13-17-9-11-18(12-10-17)14-24-21-7-4-8-23(21)30-26(31-24)19-5-3-6-20(28)15-19/h3,5-6,9-12,15-16,22H,4,7-8,13-14H2,1-2H3,(H2,29,32). The van der Waals surface area contributed by atoms with Gasteiger partial charge in [-0.05, 0) is 68.4 Å². The van der Waals surface area contributed by atoms with E-state index < -0.39 is 17.8 Å². The highest BCUT2D eigenvalue weighted by atomic mass is 35.5. The van der Waals surface area contributed by atoms with E-state index in [1.54, 1.807) is 13.8 Å². The summed E-state index contributed by atoms with van der Waals surface area (Å²) in [6.45, 7) is 3.49. The van der Waals surface area contributed by atoms with Crippen molar-refractivity contribution in [2.24, 2.45) is 11.7 Å². The Hall–Kier alpha value is -3.25. The van der Waals surface area contributed by atoms with Gasteiger partial charge in [0.15, 0.2) is 5.82 Å². The number of aryl methyl sites for hydroxylation is 1. The number of primary amides is 1. The van der Waals surface area contributed by atoms with Crippen molar-refractivity contribution in [3.8, 4) is 11.4 Å². The Morgan fingerprint density at radius 1 is 1.06 bits per heavy atom. The quantitative estimate of drug-likeness (QED) is 0.381. The normalized spacial score (nSPS) is 13.5. The summed E-state index contributed by atoms with van der Waals surface area (Å²) in [7, 11) is 0. The van der Waals surface area contributed by atoms with Gasteiger partial charge in [-0.1, -0.05) is 48.0 Å². The van der Waals surface area contributed by atoms with Gasteiger partial charge in [0, 0.05) is 22.7 Å². The minimum absolute atomic E-state index is 0.211. The fourth-order valence-electron chi connectivity index (χ4n) is 4.25. The van der Waals surface area contributed by atoms with Crippen molar-refractivity contribution in [2.75, 3.05) is 0 Å². The van der Waals surface area contributed by atoms with E-state index in [1.165, 1.54) is 5.56 Å². The highest BCUT2D eigenvalue weighted by Crippen LogP contribution is 2.28. The van der Waals surface area contributed by atoms with Gasteiger partial charge in [-0.25, -0.2) is 9.97 Å². The summed E-state index contributed by atoms with van der Waals surface area (Å²) in [5.74, 6) is -1.57. The molecule has 6 nitrogen and oxygen atoms in total. The largest absolute Gasteiger partial charge is 0.462 e. The molecule has 0 saturated heterocycles. The molecule has 1 aliphatic carbocycles. The van der Waals surface area contributed by atoms with Gasteiger partial charge in [0.2, 0.25) is 5.91 Å². The van der Waals surface area contributed by atoms with Gasteiger partial charge in [0.05, 0.1) is 11.8 Å². The summed E-state index contributed by atoms with van der Waals surface area (Å²) in [5, 5.41) is 0.658. The third-order valence-electron chi connectivity index (χ3n) is 5.92. The average Bonchev–Trinajstić information content (AvgIpc) is 3.27. The smallest absolute Gasteiger partial charge is 0.319 e. The van der Waals surface area contributed by atoms with E-state index in [9.17, 15) is 9.59 Å². The Labute approximate surface area is 204 Å². The molecule has 0 saturated carbocycles. The van der Waals surface area contributed by atoms with E-state index >= 15 is 0 Å². The van der Waals surface area contributed by atoms with E-state index in [2.05, 4.69) is 0 Å². The summed E-state index contributed by atoms with van der Waals surface area (Å²) in [4.78, 5) is 33.8. The van der Waals surface area contributed by atoms with Crippen molar-refractivity contribution in [2.45, 2.75) is 52.1 Å². The number of fused-ring (bicyclic) bond motifs is 1. The zero-order valence-corrected chi connectivity index (χ0v) is 20.1. The second-order valence-corrected chi connectivity index (χ2v) is 9.36. The predicted molar refractivity (Wildman–Crippen MR) is 131 cm³/mol. The molecule has 2 aromatic carbocycles. The molecule has 34 heavy (non-hydrogen) atoms. The molecule has 0 spiro atoms. The molecule has 2 N–H and O–H groups in total. The SMILES string of the molecule is CC(C)OC(=O)C(Cc1ccc(Cc2nc(-c3cccc(Cl)c3)nc3c2CCC3)cc1)C(N)=O. The van der Waals surface area contributed by atoms with E-state index in [1.807, 2.05) is 48.5 Å². The van der Waals surface area contributed by atoms with Crippen LogP contribution in [0.15, 0.2) is 48.5 Å². The summed E-state index contributed by atoms with van der Waals surface area (Å²) in [6.07, 6.45) is 3.60. The fourth-order valence-corrected chi connectivity index (χ4v) is 4.44. The van der Waals surface area contributed by atoms with Gasteiger partial charge in [-0.2, -0.15) is 0 Å². The number of carbonyl (C=O) groups is 2. The lowest BCUT2D eigenvalue weighted by atomic mass is 9.96. The molecule has 1 aromatic heterocycles. The summed E-state index contributed by atoms with van der Waals surface area (Å²) in [5.41, 5.74) is 11.7. The third kappa shape index (κ3) is 5.62. The summed E-state index contributed by atoms with van der Waals surface area (Å²) >= 11 is 6.18. The molecule has 1 atom stereocenters. The maximum Gasteiger partial charge on any atom is 0.319 e. The van der Waals surface area contributed by atoms with E-state index in [4.69, 9.17) is 32.0 Å². The molecule has 7 heteroatoms. The number of benzene rings is 2. The molecule has 1 amide bonds. The minimum Gasteiger partial charge on any atom is -0.462 e. The zero-order valence-electron chi connectivity index (χ0n) is 19.4. The average molecular weight is 478 g/mol. The van der Waals surface area contributed by atoms with Crippen LogP contribution >= 0.6 is 11.6 Å². The van der Waals surface area contributed by atoms with Crippen LogP contribution in [-0.2, 0) is 40.0 Å². The molecule has 4 rings (SSSR count). The number of carbonyl (C=O) groups excluding carboxylic acids is 2. The molecule has 176 valence electrons. The van der Waals surface area contributed by atoms with Crippen LogP contribution in [-0.4, -0.2) is 27.9 Å². The van der Waals surface area contributed by atoms with Gasteiger partial charge in [0.25, 0.3) is 0 Å². The highest BCUT2D eigenvalue weighted by Gasteiger charge is 2.27. The number of hydrogen-bond acceptors (Lipinski definition) is 5. The Kier molecular flexibility index (Phi) is 7.27. The summed E-state index contributed by atoms with van der Waals surface area (Å²) in [6, 6.07) is 15.5. The molecular formula is C27H28ClN3O3. The van der Waals surface area contributed by atoms with Crippen LogP contribution in [0.5, 0.6) is 0 Å². The predicted octanol–water partition coefficient (Wildman–Crippen LogP) is 4.47. The number of ether oxygens (including phenoxy) is 1. The number of hydrogen-bond donors (Lipinski definition) is 1. The number of esters is 1. The van der Waals surface area contributed by atoms with Crippen molar-refractivity contribution in [3.63, 3.8) is 0 Å². The maximum atomic E-state index is 12.2. The number of nitrogens with two attached hydrogens (primary N) is 1. The van der Waals surface area contributed by atoms with Gasteiger partial charge in [0.1, 0.15) is 5.92 Å². The zero-order chi connectivity index (χ0) is 24.2. The second kappa shape index (κ2) is 10.3. The lowest BCUT2D eigenvalue weighted by molar-refractivity contribution is -0.155. The van der Waals surface area contributed by atoms with Crippen molar-refractivity contribution < 1.29 is 14.3 Å². The van der Waals surface area contributed by atoms with Gasteiger partial charge < -0.3 is 10.5 Å². The second-order valence-electron chi connectivity index (χ2n) is 8.92. The van der Waals surface area contributed by atoms with Crippen molar-refractivity contribution in [1.29, 1.82) is 0 Å². The van der Waals surface area contributed by atoms with E-state index in [0.29, 0.717) is 17.3 Å². The lowest BCUT2D eigenvalue weighted by Crippen LogP contribution is -2.34. The Morgan fingerprint density at radius 2 is 1.79 bits per heavy atom. The number of amides is 1. The Balaban J connectivity index is 1.54. The molecule has 1 aliphatic rings. The number of halogens is 1. The lowest BCUT2D eigenvalue weighted by Gasteiger charge is -2.15. The number of nitrogens with zero attached hydrogens (tertiary/aromatic N) is 2.